The van der Waals surface area contributed by atoms with Gasteiger partial charge in [0.1, 0.15) is 5.75 Å². The van der Waals surface area contributed by atoms with Crippen LogP contribution in [0.3, 0.4) is 0 Å². The van der Waals surface area contributed by atoms with Gasteiger partial charge in [-0.15, -0.1) is 0 Å². The number of methoxy groups -OCH3 is 1. The zero-order valence-corrected chi connectivity index (χ0v) is 11.5. The van der Waals surface area contributed by atoms with Gasteiger partial charge < -0.3 is 9.64 Å². The lowest BCUT2D eigenvalue weighted by Crippen LogP contribution is -2.25. The van der Waals surface area contributed by atoms with Crippen LogP contribution in [-0.4, -0.2) is 31.6 Å². The van der Waals surface area contributed by atoms with Crippen LogP contribution in [0.5, 0.6) is 5.75 Å². The summed E-state index contributed by atoms with van der Waals surface area (Å²) in [4.78, 5) is 2.50. The molecule has 1 aliphatic heterocycles. The Morgan fingerprint density at radius 2 is 1.88 bits per heavy atom. The largest absolute Gasteiger partial charge is 0.496 e. The number of fused-ring (bicyclic) bond motifs is 1. The lowest BCUT2D eigenvalue weighted by molar-refractivity contribution is 0.303. The van der Waals surface area contributed by atoms with Gasteiger partial charge in [-0.1, -0.05) is 6.92 Å². The first-order valence-electron chi connectivity index (χ1n) is 5.82. The van der Waals surface area contributed by atoms with Crippen LogP contribution in [0, 0.1) is 0 Å². The highest BCUT2D eigenvalue weighted by atomic mass is 79.9. The molecule has 0 spiro atoms. The van der Waals surface area contributed by atoms with Gasteiger partial charge in [0.25, 0.3) is 0 Å². The third-order valence-electron chi connectivity index (χ3n) is 3.32. The Bertz CT molecular complexity index is 378. The molecule has 2 rings (SSSR count). The number of ether oxygens (including phenoxy) is 1. The molecule has 0 N–H and O–H groups in total. The molecule has 0 saturated heterocycles. The maximum absolute atomic E-state index is 5.34. The van der Waals surface area contributed by atoms with Crippen molar-refractivity contribution in [1.82, 2.24) is 4.90 Å². The van der Waals surface area contributed by atoms with Gasteiger partial charge >= 0.3 is 0 Å². The zero-order valence-electron chi connectivity index (χ0n) is 9.92. The quantitative estimate of drug-likeness (QED) is 0.828. The van der Waals surface area contributed by atoms with Crippen molar-refractivity contribution in [3.8, 4) is 5.75 Å². The number of rotatable bonds is 2. The third kappa shape index (κ3) is 2.41. The summed E-state index contributed by atoms with van der Waals surface area (Å²) < 4.78 is 6.41. The minimum absolute atomic E-state index is 0.948. The highest BCUT2D eigenvalue weighted by molar-refractivity contribution is 9.10. The van der Waals surface area contributed by atoms with Gasteiger partial charge in [-0.05, 0) is 58.6 Å². The predicted octanol–water partition coefficient (Wildman–Crippen LogP) is 2.88. The van der Waals surface area contributed by atoms with E-state index in [1.807, 2.05) is 0 Å². The van der Waals surface area contributed by atoms with Crippen molar-refractivity contribution < 1.29 is 4.74 Å². The maximum Gasteiger partial charge on any atom is 0.133 e. The highest BCUT2D eigenvalue weighted by Crippen LogP contribution is 2.30. The Morgan fingerprint density at radius 1 is 1.25 bits per heavy atom. The summed E-state index contributed by atoms with van der Waals surface area (Å²) in [6, 6.07) is 4.39. The molecule has 2 nitrogen and oxygen atoms in total. The first kappa shape index (κ1) is 11.9. The fourth-order valence-corrected chi connectivity index (χ4v) is 2.80. The van der Waals surface area contributed by atoms with Crippen LogP contribution in [0.1, 0.15) is 18.1 Å². The summed E-state index contributed by atoms with van der Waals surface area (Å²) >= 11 is 3.55. The van der Waals surface area contributed by atoms with E-state index in [1.54, 1.807) is 7.11 Å². The molecule has 0 bridgehead atoms. The van der Waals surface area contributed by atoms with E-state index < -0.39 is 0 Å². The summed E-state index contributed by atoms with van der Waals surface area (Å²) in [5, 5.41) is 0. The van der Waals surface area contributed by atoms with Gasteiger partial charge in [0.2, 0.25) is 0 Å². The Kier molecular flexibility index (Phi) is 3.87. The molecule has 1 aliphatic rings. The predicted molar refractivity (Wildman–Crippen MR) is 70.2 cm³/mol. The molecular formula is C13H18BrNO. The van der Waals surface area contributed by atoms with Crippen LogP contribution in [-0.2, 0) is 12.8 Å². The lowest BCUT2D eigenvalue weighted by atomic mass is 10.0. The molecule has 0 aromatic heterocycles. The van der Waals surface area contributed by atoms with Crippen LogP contribution in [0.2, 0.25) is 0 Å². The van der Waals surface area contributed by atoms with Gasteiger partial charge in [-0.2, -0.15) is 0 Å². The van der Waals surface area contributed by atoms with E-state index in [4.69, 9.17) is 4.74 Å². The monoisotopic (exact) mass is 283 g/mol. The fraction of sp³-hybridized carbons (Fsp3) is 0.538. The molecule has 0 atom stereocenters. The van der Waals surface area contributed by atoms with Crippen LogP contribution >= 0.6 is 15.9 Å². The van der Waals surface area contributed by atoms with E-state index in [-0.39, 0.29) is 0 Å². The number of hydrogen-bond acceptors (Lipinski definition) is 2. The number of likely N-dealkylation sites (N-methyl/N-ethyl adjacent to an activating group) is 1. The second-order valence-electron chi connectivity index (χ2n) is 4.19. The Labute approximate surface area is 106 Å². The molecule has 0 saturated carbocycles. The topological polar surface area (TPSA) is 12.5 Å². The molecule has 1 heterocycles. The Morgan fingerprint density at radius 3 is 2.44 bits per heavy atom. The summed E-state index contributed by atoms with van der Waals surface area (Å²) in [6.45, 7) is 5.70. The molecule has 0 amide bonds. The third-order valence-corrected chi connectivity index (χ3v) is 3.94. The van der Waals surface area contributed by atoms with E-state index in [0.717, 1.165) is 36.2 Å². The second-order valence-corrected chi connectivity index (χ2v) is 5.04. The molecule has 0 unspecified atom stereocenters. The van der Waals surface area contributed by atoms with Crippen molar-refractivity contribution >= 4 is 15.9 Å². The first-order valence-corrected chi connectivity index (χ1v) is 6.61. The Balaban J connectivity index is 2.28. The minimum Gasteiger partial charge on any atom is -0.496 e. The van der Waals surface area contributed by atoms with Gasteiger partial charge in [0, 0.05) is 13.1 Å². The van der Waals surface area contributed by atoms with Crippen molar-refractivity contribution in [3.05, 3.63) is 27.7 Å². The number of halogens is 1. The first-order chi connectivity index (χ1) is 7.74. The van der Waals surface area contributed by atoms with E-state index in [0.29, 0.717) is 0 Å². The van der Waals surface area contributed by atoms with Crippen LogP contribution in [0.15, 0.2) is 16.6 Å². The molecule has 1 aromatic carbocycles. The molecular weight excluding hydrogens is 266 g/mol. The summed E-state index contributed by atoms with van der Waals surface area (Å²) in [5.41, 5.74) is 2.90. The van der Waals surface area contributed by atoms with Crippen molar-refractivity contribution in [2.45, 2.75) is 19.8 Å². The normalized spacial score (nSPS) is 16.7. The summed E-state index contributed by atoms with van der Waals surface area (Å²) in [7, 11) is 1.72. The molecule has 0 radical (unpaired) electrons. The fourth-order valence-electron chi connectivity index (χ4n) is 2.24. The smallest absolute Gasteiger partial charge is 0.133 e. The van der Waals surface area contributed by atoms with Crippen molar-refractivity contribution in [3.63, 3.8) is 0 Å². The molecule has 1 aromatic rings. The number of benzene rings is 1. The van der Waals surface area contributed by atoms with E-state index >= 15 is 0 Å². The van der Waals surface area contributed by atoms with Crippen LogP contribution in [0.25, 0.3) is 0 Å². The van der Waals surface area contributed by atoms with Crippen LogP contribution < -0.4 is 4.74 Å². The van der Waals surface area contributed by atoms with Gasteiger partial charge in [-0.25, -0.2) is 0 Å². The highest BCUT2D eigenvalue weighted by Gasteiger charge is 2.14. The van der Waals surface area contributed by atoms with Crippen molar-refractivity contribution in [1.29, 1.82) is 0 Å². The number of nitrogens with zero attached hydrogens (tertiary/aromatic N) is 1. The average Bonchev–Trinajstić information content (AvgIpc) is 2.49. The lowest BCUT2D eigenvalue weighted by Gasteiger charge is -2.16. The van der Waals surface area contributed by atoms with Gasteiger partial charge in [0.05, 0.1) is 11.6 Å². The van der Waals surface area contributed by atoms with Crippen molar-refractivity contribution in [2.24, 2.45) is 0 Å². The summed E-state index contributed by atoms with van der Waals surface area (Å²) in [5.74, 6) is 0.948. The van der Waals surface area contributed by atoms with E-state index in [9.17, 15) is 0 Å². The standard InChI is InChI=1S/C13H18BrNO/c1-3-15-6-4-10-8-12(14)13(16-2)9-11(10)5-7-15/h8-9H,3-7H2,1-2H3. The molecule has 88 valence electrons. The van der Waals surface area contributed by atoms with Gasteiger partial charge in [-0.3, -0.25) is 0 Å². The Hall–Kier alpha value is -0.540. The van der Waals surface area contributed by atoms with Crippen LogP contribution in [0.4, 0.5) is 0 Å². The second kappa shape index (κ2) is 5.19. The molecule has 3 heteroatoms. The molecule has 0 aliphatic carbocycles. The maximum atomic E-state index is 5.34. The summed E-state index contributed by atoms with van der Waals surface area (Å²) in [6.07, 6.45) is 2.28. The average molecular weight is 284 g/mol. The SMILES string of the molecule is CCN1CCc2cc(Br)c(OC)cc2CC1. The zero-order chi connectivity index (χ0) is 11.5. The van der Waals surface area contributed by atoms with Gasteiger partial charge in [0.15, 0.2) is 0 Å². The van der Waals surface area contributed by atoms with E-state index in [1.165, 1.54) is 17.7 Å². The van der Waals surface area contributed by atoms with Crippen molar-refractivity contribution in [2.75, 3.05) is 26.7 Å². The molecule has 16 heavy (non-hydrogen) atoms. The van der Waals surface area contributed by atoms with E-state index in [2.05, 4.69) is 39.9 Å². The molecule has 0 fully saturated rings. The number of hydrogen-bond donors (Lipinski definition) is 0. The minimum atomic E-state index is 0.948.